The van der Waals surface area contributed by atoms with E-state index in [1.807, 2.05) is 6.92 Å². The third kappa shape index (κ3) is 4.54. The number of amides is 1. The Labute approximate surface area is 146 Å². The van der Waals surface area contributed by atoms with Gasteiger partial charge in [0.15, 0.2) is 0 Å². The van der Waals surface area contributed by atoms with Crippen LogP contribution in [0.5, 0.6) is 0 Å². The molecular formula is C17H23N3O5. The summed E-state index contributed by atoms with van der Waals surface area (Å²) >= 11 is 0. The van der Waals surface area contributed by atoms with Crippen molar-refractivity contribution in [2.24, 2.45) is 5.92 Å². The van der Waals surface area contributed by atoms with Gasteiger partial charge in [-0.05, 0) is 19.9 Å². The summed E-state index contributed by atoms with van der Waals surface area (Å²) in [7, 11) is 1.33. The zero-order valence-corrected chi connectivity index (χ0v) is 14.9. The van der Waals surface area contributed by atoms with E-state index in [9.17, 15) is 9.59 Å². The number of fused-ring (bicyclic) bond motifs is 1. The maximum atomic E-state index is 12.9. The van der Waals surface area contributed by atoms with E-state index in [-0.39, 0.29) is 18.4 Å². The molecule has 1 atom stereocenters. The van der Waals surface area contributed by atoms with Gasteiger partial charge < -0.3 is 18.9 Å². The van der Waals surface area contributed by atoms with Crippen LogP contribution in [0.25, 0.3) is 11.1 Å². The third-order valence-corrected chi connectivity index (χ3v) is 3.85. The summed E-state index contributed by atoms with van der Waals surface area (Å²) in [6.45, 7) is 6.94. The summed E-state index contributed by atoms with van der Waals surface area (Å²) in [4.78, 5) is 30.3. The minimum absolute atomic E-state index is 0.231. The number of rotatable bonds is 8. The largest absolute Gasteiger partial charge is 0.469 e. The lowest BCUT2D eigenvalue weighted by Gasteiger charge is -2.25. The quantitative estimate of drug-likeness (QED) is 0.530. The molecular weight excluding hydrogens is 326 g/mol. The molecule has 8 heteroatoms. The van der Waals surface area contributed by atoms with E-state index >= 15 is 0 Å². The van der Waals surface area contributed by atoms with Gasteiger partial charge >= 0.3 is 5.97 Å². The third-order valence-electron chi connectivity index (χ3n) is 3.85. The lowest BCUT2D eigenvalue weighted by Crippen LogP contribution is -2.39. The van der Waals surface area contributed by atoms with E-state index in [2.05, 4.69) is 10.1 Å². The fourth-order valence-electron chi connectivity index (χ4n) is 2.45. The number of aryl methyl sites for hydroxylation is 1. The lowest BCUT2D eigenvalue weighted by molar-refractivity contribution is -0.145. The number of carbonyl (C=O) groups excluding carboxylic acids is 2. The topological polar surface area (TPSA) is 94.8 Å². The van der Waals surface area contributed by atoms with E-state index in [0.29, 0.717) is 42.1 Å². The summed E-state index contributed by atoms with van der Waals surface area (Å²) in [5.74, 6) is -1.03. The molecule has 136 valence electrons. The average Bonchev–Trinajstić information content (AvgIpc) is 3.00. The molecule has 25 heavy (non-hydrogen) atoms. The summed E-state index contributed by atoms with van der Waals surface area (Å²) in [5.41, 5.74) is 1.46. The van der Waals surface area contributed by atoms with E-state index in [4.69, 9.17) is 14.0 Å². The van der Waals surface area contributed by atoms with Gasteiger partial charge in [-0.1, -0.05) is 12.1 Å². The second kappa shape index (κ2) is 8.57. The van der Waals surface area contributed by atoms with Crippen LogP contribution in [0.15, 0.2) is 16.8 Å². The highest BCUT2D eigenvalue weighted by Crippen LogP contribution is 2.18. The predicted molar refractivity (Wildman–Crippen MR) is 90.1 cm³/mol. The van der Waals surface area contributed by atoms with Crippen molar-refractivity contribution < 1.29 is 23.6 Å². The molecule has 0 saturated heterocycles. The number of pyridine rings is 1. The van der Waals surface area contributed by atoms with Crippen molar-refractivity contribution in [2.45, 2.75) is 20.8 Å². The van der Waals surface area contributed by atoms with Gasteiger partial charge in [0.05, 0.1) is 36.3 Å². The number of carbonyl (C=O) groups is 2. The van der Waals surface area contributed by atoms with Crippen LogP contribution in [0, 0.1) is 12.8 Å². The van der Waals surface area contributed by atoms with Gasteiger partial charge in [0.25, 0.3) is 11.6 Å². The zero-order valence-electron chi connectivity index (χ0n) is 14.9. The number of methoxy groups -OCH3 is 1. The van der Waals surface area contributed by atoms with Crippen LogP contribution in [0.4, 0.5) is 0 Å². The van der Waals surface area contributed by atoms with E-state index in [1.54, 1.807) is 24.8 Å². The Morgan fingerprint density at radius 1 is 1.40 bits per heavy atom. The maximum absolute atomic E-state index is 12.9. The SMILES string of the molecule is CCOCCN(C[C@@H](C)C(=O)OC)C(=O)c1cnc2onc(C)c2c1. The number of nitrogens with zero attached hydrogens (tertiary/aromatic N) is 3. The van der Waals surface area contributed by atoms with E-state index < -0.39 is 5.92 Å². The summed E-state index contributed by atoms with van der Waals surface area (Å²) in [5, 5.41) is 4.53. The summed E-state index contributed by atoms with van der Waals surface area (Å²) in [6.07, 6.45) is 1.45. The highest BCUT2D eigenvalue weighted by Gasteiger charge is 2.23. The Morgan fingerprint density at radius 3 is 2.84 bits per heavy atom. The van der Waals surface area contributed by atoms with Crippen LogP contribution in [0.2, 0.25) is 0 Å². The first-order valence-electron chi connectivity index (χ1n) is 8.14. The molecule has 2 heterocycles. The molecule has 0 unspecified atom stereocenters. The van der Waals surface area contributed by atoms with Gasteiger partial charge in [0.1, 0.15) is 0 Å². The van der Waals surface area contributed by atoms with Crippen molar-refractivity contribution in [2.75, 3.05) is 33.4 Å². The molecule has 0 bridgehead atoms. The highest BCUT2D eigenvalue weighted by atomic mass is 16.5. The molecule has 0 fully saturated rings. The first-order chi connectivity index (χ1) is 12.0. The molecule has 1 amide bonds. The van der Waals surface area contributed by atoms with E-state index in [0.717, 1.165) is 0 Å². The molecule has 0 aliphatic rings. The zero-order chi connectivity index (χ0) is 18.4. The van der Waals surface area contributed by atoms with Crippen molar-refractivity contribution in [1.29, 1.82) is 0 Å². The number of esters is 1. The molecule has 0 N–H and O–H groups in total. The standard InChI is InChI=1S/C17H23N3O5/c1-5-24-7-6-20(10-11(2)17(22)23-4)16(21)13-8-14-12(3)19-25-15(14)18-9-13/h8-9,11H,5-7,10H2,1-4H3/t11-/m1/s1. The molecule has 0 radical (unpaired) electrons. The number of ether oxygens (including phenoxy) is 2. The minimum Gasteiger partial charge on any atom is -0.469 e. The minimum atomic E-state index is -0.440. The van der Waals surface area contributed by atoms with Crippen molar-refractivity contribution in [1.82, 2.24) is 15.0 Å². The van der Waals surface area contributed by atoms with Crippen LogP contribution in [-0.2, 0) is 14.3 Å². The Kier molecular flexibility index (Phi) is 6.46. The Morgan fingerprint density at radius 2 is 2.16 bits per heavy atom. The highest BCUT2D eigenvalue weighted by molar-refractivity contribution is 5.97. The molecule has 8 nitrogen and oxygen atoms in total. The Balaban J connectivity index is 2.21. The predicted octanol–water partition coefficient (Wildman–Crippen LogP) is 1.82. The fourth-order valence-corrected chi connectivity index (χ4v) is 2.45. The molecule has 2 rings (SSSR count). The number of aromatic nitrogens is 2. The molecule has 0 saturated carbocycles. The normalized spacial score (nSPS) is 12.2. The molecule has 0 aliphatic carbocycles. The van der Waals surface area contributed by atoms with Gasteiger partial charge in [-0.25, -0.2) is 4.98 Å². The monoisotopic (exact) mass is 349 g/mol. The molecule has 2 aromatic rings. The molecule has 0 aliphatic heterocycles. The van der Waals surface area contributed by atoms with Gasteiger partial charge in [-0.15, -0.1) is 0 Å². The van der Waals surface area contributed by atoms with Crippen molar-refractivity contribution in [3.63, 3.8) is 0 Å². The van der Waals surface area contributed by atoms with Crippen molar-refractivity contribution in [3.8, 4) is 0 Å². The van der Waals surface area contributed by atoms with Crippen LogP contribution in [-0.4, -0.2) is 60.3 Å². The van der Waals surface area contributed by atoms with Crippen LogP contribution in [0.3, 0.4) is 0 Å². The lowest BCUT2D eigenvalue weighted by atomic mass is 10.1. The van der Waals surface area contributed by atoms with E-state index in [1.165, 1.54) is 13.3 Å². The summed E-state index contributed by atoms with van der Waals surface area (Å²) < 4.78 is 15.2. The molecule has 0 aromatic carbocycles. The van der Waals surface area contributed by atoms with Gasteiger partial charge in [-0.2, -0.15) is 0 Å². The van der Waals surface area contributed by atoms with Crippen molar-refractivity contribution >= 4 is 23.0 Å². The van der Waals surface area contributed by atoms with Crippen LogP contribution in [0.1, 0.15) is 29.9 Å². The second-order valence-corrected chi connectivity index (χ2v) is 5.72. The van der Waals surface area contributed by atoms with Crippen LogP contribution >= 0.6 is 0 Å². The van der Waals surface area contributed by atoms with Crippen LogP contribution < -0.4 is 0 Å². The van der Waals surface area contributed by atoms with Gasteiger partial charge in [-0.3, -0.25) is 9.59 Å². The smallest absolute Gasteiger partial charge is 0.310 e. The first kappa shape index (κ1) is 18.9. The van der Waals surface area contributed by atoms with Gasteiger partial charge in [0.2, 0.25) is 0 Å². The summed E-state index contributed by atoms with van der Waals surface area (Å²) in [6, 6.07) is 1.70. The Hall–Kier alpha value is -2.48. The second-order valence-electron chi connectivity index (χ2n) is 5.72. The number of hydrogen-bond acceptors (Lipinski definition) is 7. The molecule has 2 aromatic heterocycles. The fraction of sp³-hybridized carbons (Fsp3) is 0.529. The first-order valence-corrected chi connectivity index (χ1v) is 8.14. The van der Waals surface area contributed by atoms with Crippen molar-refractivity contribution in [3.05, 3.63) is 23.5 Å². The molecule has 0 spiro atoms. The Bertz CT molecular complexity index is 743. The maximum Gasteiger partial charge on any atom is 0.310 e. The average molecular weight is 349 g/mol. The number of hydrogen-bond donors (Lipinski definition) is 0. The van der Waals surface area contributed by atoms with Gasteiger partial charge in [0, 0.05) is 25.9 Å².